The highest BCUT2D eigenvalue weighted by molar-refractivity contribution is 6.31. The van der Waals surface area contributed by atoms with Gasteiger partial charge in [0.25, 0.3) is 0 Å². The molecule has 0 aromatic heterocycles. The zero-order chi connectivity index (χ0) is 11.6. The Morgan fingerprint density at radius 3 is 2.81 bits per heavy atom. The Hall–Kier alpha value is -0.310. The molecule has 0 amide bonds. The van der Waals surface area contributed by atoms with Gasteiger partial charge in [-0.15, -0.1) is 11.6 Å². The lowest BCUT2D eigenvalue weighted by atomic mass is 9.83. The van der Waals surface area contributed by atoms with Gasteiger partial charge in [-0.2, -0.15) is 0 Å². The molecule has 0 saturated carbocycles. The van der Waals surface area contributed by atoms with E-state index in [2.05, 4.69) is 0 Å². The summed E-state index contributed by atoms with van der Waals surface area (Å²) in [6.07, 6.45) is 1.68. The standard InChI is InChI=1S/C12H13Cl2FO/c13-7-12(3-4-16-8-12)6-9-1-2-10(15)5-11(9)14/h1-2,5H,3-4,6-8H2. The minimum Gasteiger partial charge on any atom is -0.381 e. The molecule has 1 aliphatic rings. The topological polar surface area (TPSA) is 9.23 Å². The molecule has 1 unspecified atom stereocenters. The first-order valence-corrected chi connectivity index (χ1v) is 6.14. The van der Waals surface area contributed by atoms with Gasteiger partial charge in [0.1, 0.15) is 5.82 Å². The summed E-state index contributed by atoms with van der Waals surface area (Å²) in [6.45, 7) is 1.40. The van der Waals surface area contributed by atoms with Crippen molar-refractivity contribution in [3.63, 3.8) is 0 Å². The lowest BCUT2D eigenvalue weighted by Crippen LogP contribution is -2.26. The van der Waals surface area contributed by atoms with E-state index in [1.165, 1.54) is 12.1 Å². The number of alkyl halides is 1. The quantitative estimate of drug-likeness (QED) is 0.756. The van der Waals surface area contributed by atoms with E-state index in [9.17, 15) is 4.39 Å². The van der Waals surface area contributed by atoms with Gasteiger partial charge in [0.15, 0.2) is 0 Å². The van der Waals surface area contributed by atoms with Gasteiger partial charge in [0.2, 0.25) is 0 Å². The van der Waals surface area contributed by atoms with E-state index in [4.69, 9.17) is 27.9 Å². The van der Waals surface area contributed by atoms with Crippen molar-refractivity contribution in [1.82, 2.24) is 0 Å². The molecule has 1 fully saturated rings. The molecule has 0 aliphatic carbocycles. The van der Waals surface area contributed by atoms with Crippen LogP contribution in [0.2, 0.25) is 5.02 Å². The van der Waals surface area contributed by atoms with Gasteiger partial charge >= 0.3 is 0 Å². The fraction of sp³-hybridized carbons (Fsp3) is 0.500. The van der Waals surface area contributed by atoms with Crippen molar-refractivity contribution in [2.45, 2.75) is 12.8 Å². The highest BCUT2D eigenvalue weighted by atomic mass is 35.5. The normalized spacial score (nSPS) is 24.9. The van der Waals surface area contributed by atoms with Crippen LogP contribution in [0, 0.1) is 11.2 Å². The van der Waals surface area contributed by atoms with Crippen molar-refractivity contribution in [1.29, 1.82) is 0 Å². The van der Waals surface area contributed by atoms with E-state index in [1.807, 2.05) is 0 Å². The number of hydrogen-bond donors (Lipinski definition) is 0. The van der Waals surface area contributed by atoms with E-state index in [0.717, 1.165) is 25.0 Å². The van der Waals surface area contributed by atoms with Crippen LogP contribution >= 0.6 is 23.2 Å². The zero-order valence-corrected chi connectivity index (χ0v) is 10.3. The minimum absolute atomic E-state index is 0.0387. The van der Waals surface area contributed by atoms with Crippen LogP contribution in [-0.2, 0) is 11.2 Å². The van der Waals surface area contributed by atoms with Crippen LogP contribution in [0.15, 0.2) is 18.2 Å². The third-order valence-corrected chi connectivity index (χ3v) is 3.97. The van der Waals surface area contributed by atoms with E-state index < -0.39 is 0 Å². The number of benzene rings is 1. The number of halogens is 3. The van der Waals surface area contributed by atoms with Crippen LogP contribution in [0.5, 0.6) is 0 Å². The van der Waals surface area contributed by atoms with Crippen molar-refractivity contribution in [2.75, 3.05) is 19.1 Å². The molecule has 1 aromatic carbocycles. The Bertz CT molecular complexity index is 375. The van der Waals surface area contributed by atoms with Crippen LogP contribution in [0.4, 0.5) is 4.39 Å². The Morgan fingerprint density at radius 1 is 1.44 bits per heavy atom. The average Bonchev–Trinajstić information content (AvgIpc) is 2.72. The Balaban J connectivity index is 2.19. The summed E-state index contributed by atoms with van der Waals surface area (Å²) in [6, 6.07) is 4.50. The van der Waals surface area contributed by atoms with Gasteiger partial charge in [-0.1, -0.05) is 17.7 Å². The van der Waals surface area contributed by atoms with E-state index in [-0.39, 0.29) is 11.2 Å². The summed E-state index contributed by atoms with van der Waals surface area (Å²) in [5.41, 5.74) is 0.900. The fourth-order valence-corrected chi connectivity index (χ4v) is 2.55. The van der Waals surface area contributed by atoms with Crippen molar-refractivity contribution in [2.24, 2.45) is 5.41 Å². The van der Waals surface area contributed by atoms with E-state index in [1.54, 1.807) is 6.07 Å². The van der Waals surface area contributed by atoms with E-state index >= 15 is 0 Å². The molecule has 1 saturated heterocycles. The molecule has 1 nitrogen and oxygen atoms in total. The molecule has 0 radical (unpaired) electrons. The van der Waals surface area contributed by atoms with Crippen LogP contribution < -0.4 is 0 Å². The molecule has 0 N–H and O–H groups in total. The van der Waals surface area contributed by atoms with Gasteiger partial charge < -0.3 is 4.74 Å². The second kappa shape index (κ2) is 4.91. The van der Waals surface area contributed by atoms with Crippen molar-refractivity contribution in [3.05, 3.63) is 34.6 Å². The second-order valence-electron chi connectivity index (χ2n) is 4.35. The highest BCUT2D eigenvalue weighted by Gasteiger charge is 2.34. The molecule has 1 aliphatic heterocycles. The average molecular weight is 263 g/mol. The predicted octanol–water partition coefficient (Wildman–Crippen LogP) is 3.67. The molecule has 16 heavy (non-hydrogen) atoms. The number of ether oxygens (including phenoxy) is 1. The maximum atomic E-state index is 12.9. The first-order valence-electron chi connectivity index (χ1n) is 5.23. The summed E-state index contributed by atoms with van der Waals surface area (Å²) >= 11 is 12.0. The summed E-state index contributed by atoms with van der Waals surface area (Å²) in [4.78, 5) is 0. The first-order chi connectivity index (χ1) is 7.65. The SMILES string of the molecule is Fc1ccc(CC2(CCl)CCOC2)c(Cl)c1. The molecule has 4 heteroatoms. The van der Waals surface area contributed by atoms with Gasteiger partial charge in [-0.25, -0.2) is 4.39 Å². The fourth-order valence-electron chi connectivity index (χ4n) is 2.01. The molecule has 1 heterocycles. The molecule has 1 atom stereocenters. The zero-order valence-electron chi connectivity index (χ0n) is 8.81. The van der Waals surface area contributed by atoms with Crippen LogP contribution in [-0.4, -0.2) is 19.1 Å². The van der Waals surface area contributed by atoms with Gasteiger partial charge in [-0.3, -0.25) is 0 Å². The maximum absolute atomic E-state index is 12.9. The van der Waals surface area contributed by atoms with Crippen molar-refractivity contribution in [3.8, 4) is 0 Å². The van der Waals surface area contributed by atoms with Gasteiger partial charge in [0, 0.05) is 22.9 Å². The first kappa shape index (κ1) is 12.2. The Kier molecular flexibility index (Phi) is 3.73. The molecule has 0 bridgehead atoms. The molecule has 2 rings (SSSR count). The van der Waals surface area contributed by atoms with Crippen LogP contribution in [0.1, 0.15) is 12.0 Å². The summed E-state index contributed by atoms with van der Waals surface area (Å²) in [5, 5.41) is 0.469. The van der Waals surface area contributed by atoms with Crippen molar-refractivity contribution >= 4 is 23.2 Å². The smallest absolute Gasteiger partial charge is 0.124 e. The monoisotopic (exact) mass is 262 g/mol. The third kappa shape index (κ3) is 2.50. The molecular formula is C12H13Cl2FO. The second-order valence-corrected chi connectivity index (χ2v) is 5.02. The third-order valence-electron chi connectivity index (χ3n) is 3.05. The summed E-state index contributed by atoms with van der Waals surface area (Å²) in [7, 11) is 0. The lowest BCUT2D eigenvalue weighted by molar-refractivity contribution is 0.161. The van der Waals surface area contributed by atoms with Crippen molar-refractivity contribution < 1.29 is 9.13 Å². The molecule has 0 spiro atoms. The van der Waals surface area contributed by atoms with Crippen LogP contribution in [0.25, 0.3) is 0 Å². The van der Waals surface area contributed by atoms with E-state index in [0.29, 0.717) is 17.5 Å². The number of rotatable bonds is 3. The Morgan fingerprint density at radius 2 is 2.25 bits per heavy atom. The predicted molar refractivity (Wildman–Crippen MR) is 63.7 cm³/mol. The molecule has 88 valence electrons. The summed E-state index contributed by atoms with van der Waals surface area (Å²) in [5.74, 6) is 0.233. The number of hydrogen-bond acceptors (Lipinski definition) is 1. The van der Waals surface area contributed by atoms with Gasteiger partial charge in [0.05, 0.1) is 6.61 Å². The van der Waals surface area contributed by atoms with Crippen LogP contribution in [0.3, 0.4) is 0 Å². The Labute approximate surface area is 105 Å². The lowest BCUT2D eigenvalue weighted by Gasteiger charge is -2.24. The van der Waals surface area contributed by atoms with Gasteiger partial charge in [-0.05, 0) is 30.5 Å². The highest BCUT2D eigenvalue weighted by Crippen LogP contribution is 2.35. The summed E-state index contributed by atoms with van der Waals surface area (Å²) < 4.78 is 18.3. The largest absolute Gasteiger partial charge is 0.381 e. The minimum atomic E-state index is -0.309. The molecule has 1 aromatic rings. The maximum Gasteiger partial charge on any atom is 0.124 e. The molecular weight excluding hydrogens is 250 g/mol.